The molecule has 1 atom stereocenters. The molecule has 0 bridgehead atoms. The molecule has 1 aliphatic heterocycles. The van der Waals surface area contributed by atoms with Gasteiger partial charge in [0.05, 0.1) is 6.61 Å². The summed E-state index contributed by atoms with van der Waals surface area (Å²) in [4.78, 5) is 10.9. The highest BCUT2D eigenvalue weighted by Crippen LogP contribution is 2.10. The Bertz CT molecular complexity index is 329. The minimum absolute atomic E-state index is 0.126. The van der Waals surface area contributed by atoms with Crippen molar-refractivity contribution in [1.82, 2.24) is 9.03 Å². The summed E-state index contributed by atoms with van der Waals surface area (Å²) in [5.41, 5.74) is 5.56. The Morgan fingerprint density at radius 2 is 2.33 bits per heavy atom. The van der Waals surface area contributed by atoms with Crippen molar-refractivity contribution in [2.75, 3.05) is 19.7 Å². The summed E-state index contributed by atoms with van der Waals surface area (Å²) in [5.74, 6) is 0. The molecule has 3 N–H and O–H groups in total. The third kappa shape index (κ3) is 3.33. The molecule has 0 unspecified atom stereocenters. The van der Waals surface area contributed by atoms with Crippen LogP contribution in [-0.4, -0.2) is 44.6 Å². The molecule has 1 rings (SSSR count). The summed E-state index contributed by atoms with van der Waals surface area (Å²) in [6.07, 6.45) is -0.359. The smallest absolute Gasteiger partial charge is 0.421 e. The molecular formula is C7H15N3O4S. The average molecular weight is 237 g/mol. The Morgan fingerprint density at radius 1 is 1.67 bits per heavy atom. The van der Waals surface area contributed by atoms with Gasteiger partial charge in [-0.05, 0) is 13.3 Å². The van der Waals surface area contributed by atoms with Crippen LogP contribution >= 0.6 is 0 Å². The van der Waals surface area contributed by atoms with Crippen LogP contribution in [0.25, 0.3) is 0 Å². The Balaban J connectivity index is 2.56. The quantitative estimate of drug-likeness (QED) is 0.656. The number of nitrogens with two attached hydrogens (primary N) is 1. The maximum absolute atomic E-state index is 11.5. The molecule has 0 spiro atoms. The lowest BCUT2D eigenvalue weighted by atomic mass is 10.3. The van der Waals surface area contributed by atoms with Crippen molar-refractivity contribution in [2.45, 2.75) is 19.4 Å². The van der Waals surface area contributed by atoms with E-state index in [0.29, 0.717) is 13.0 Å². The molecule has 0 aromatic rings. The average Bonchev–Trinajstić information content (AvgIpc) is 2.51. The van der Waals surface area contributed by atoms with Crippen LogP contribution in [0, 0.1) is 0 Å². The van der Waals surface area contributed by atoms with Crippen molar-refractivity contribution in [2.24, 2.45) is 5.73 Å². The minimum Gasteiger partial charge on any atom is -0.449 e. The van der Waals surface area contributed by atoms with Gasteiger partial charge in [-0.1, -0.05) is 0 Å². The largest absolute Gasteiger partial charge is 0.449 e. The maximum Gasteiger partial charge on any atom is 0.421 e. The van der Waals surface area contributed by atoms with Gasteiger partial charge in [0.2, 0.25) is 0 Å². The molecule has 15 heavy (non-hydrogen) atoms. The minimum atomic E-state index is -3.79. The van der Waals surface area contributed by atoms with E-state index in [2.05, 4.69) is 4.74 Å². The second-order valence-corrected chi connectivity index (χ2v) is 4.90. The molecule has 1 heterocycles. The zero-order valence-electron chi connectivity index (χ0n) is 8.47. The van der Waals surface area contributed by atoms with Crippen LogP contribution in [0.2, 0.25) is 0 Å². The number of carbonyl (C=O) groups is 1. The van der Waals surface area contributed by atoms with Crippen LogP contribution in [0.1, 0.15) is 13.3 Å². The van der Waals surface area contributed by atoms with Crippen molar-refractivity contribution in [3.63, 3.8) is 0 Å². The molecule has 0 aromatic carbocycles. The summed E-state index contributed by atoms with van der Waals surface area (Å²) >= 11 is 0. The predicted molar refractivity (Wildman–Crippen MR) is 53.2 cm³/mol. The second kappa shape index (κ2) is 4.77. The lowest BCUT2D eigenvalue weighted by Gasteiger charge is -2.15. The maximum atomic E-state index is 11.5. The van der Waals surface area contributed by atoms with Gasteiger partial charge in [-0.2, -0.15) is 12.7 Å². The lowest BCUT2D eigenvalue weighted by molar-refractivity contribution is 0.158. The van der Waals surface area contributed by atoms with Crippen molar-refractivity contribution >= 4 is 16.3 Å². The lowest BCUT2D eigenvalue weighted by Crippen LogP contribution is -2.43. The number of nitrogens with zero attached hydrogens (tertiary/aromatic N) is 1. The van der Waals surface area contributed by atoms with E-state index in [0.717, 1.165) is 4.31 Å². The standard InChI is InChI=1S/C7H15N3O4S/c1-2-14-7(11)9-15(12,13)10-4-3-6(8)5-10/h6H,2-5,8H2,1H3,(H,9,11)/t6-/m0/s1. The fourth-order valence-corrected chi connectivity index (χ4v) is 2.43. The molecule has 1 saturated heterocycles. The first-order chi connectivity index (χ1) is 6.95. The molecule has 0 aromatic heterocycles. The van der Waals surface area contributed by atoms with E-state index < -0.39 is 16.3 Å². The fraction of sp³-hybridized carbons (Fsp3) is 0.857. The summed E-state index contributed by atoms with van der Waals surface area (Å²) < 4.78 is 30.5. The fourth-order valence-electron chi connectivity index (χ4n) is 1.30. The first-order valence-corrected chi connectivity index (χ1v) is 6.10. The number of nitrogens with one attached hydrogen (secondary N) is 1. The highest BCUT2D eigenvalue weighted by molar-refractivity contribution is 7.87. The van der Waals surface area contributed by atoms with E-state index in [1.54, 1.807) is 11.6 Å². The molecule has 1 amide bonds. The van der Waals surface area contributed by atoms with E-state index in [-0.39, 0.29) is 19.2 Å². The van der Waals surface area contributed by atoms with Crippen molar-refractivity contribution in [1.29, 1.82) is 0 Å². The van der Waals surface area contributed by atoms with Crippen LogP contribution in [0.3, 0.4) is 0 Å². The van der Waals surface area contributed by atoms with Gasteiger partial charge in [-0.3, -0.25) is 0 Å². The van der Waals surface area contributed by atoms with E-state index >= 15 is 0 Å². The molecule has 8 heteroatoms. The van der Waals surface area contributed by atoms with Gasteiger partial charge in [-0.25, -0.2) is 9.52 Å². The van der Waals surface area contributed by atoms with Crippen LogP contribution < -0.4 is 10.5 Å². The molecule has 0 aliphatic carbocycles. The van der Waals surface area contributed by atoms with Crippen LogP contribution in [-0.2, 0) is 14.9 Å². The summed E-state index contributed by atoms with van der Waals surface area (Å²) in [6, 6.07) is -0.163. The van der Waals surface area contributed by atoms with Crippen molar-refractivity contribution in [3.05, 3.63) is 0 Å². The zero-order valence-corrected chi connectivity index (χ0v) is 9.29. The monoisotopic (exact) mass is 237 g/mol. The molecule has 0 saturated carbocycles. The zero-order chi connectivity index (χ0) is 11.5. The number of rotatable bonds is 3. The molecule has 88 valence electrons. The van der Waals surface area contributed by atoms with Gasteiger partial charge >= 0.3 is 16.3 Å². The van der Waals surface area contributed by atoms with Gasteiger partial charge < -0.3 is 10.5 Å². The van der Waals surface area contributed by atoms with Gasteiger partial charge in [0.15, 0.2) is 0 Å². The normalized spacial score (nSPS) is 22.7. The Labute approximate surface area is 88.7 Å². The summed E-state index contributed by atoms with van der Waals surface area (Å²) in [6.45, 7) is 2.28. The number of hydrogen-bond acceptors (Lipinski definition) is 5. The second-order valence-electron chi connectivity index (χ2n) is 3.23. The Morgan fingerprint density at radius 3 is 2.80 bits per heavy atom. The number of hydrogen-bond donors (Lipinski definition) is 2. The highest BCUT2D eigenvalue weighted by atomic mass is 32.2. The van der Waals surface area contributed by atoms with E-state index in [1.807, 2.05) is 0 Å². The number of amides is 1. The SMILES string of the molecule is CCOC(=O)NS(=O)(=O)N1CC[C@H](N)C1. The first-order valence-electron chi connectivity index (χ1n) is 4.66. The molecule has 1 fully saturated rings. The molecule has 0 radical (unpaired) electrons. The number of carbonyl (C=O) groups excluding carboxylic acids is 1. The predicted octanol–water partition coefficient (Wildman–Crippen LogP) is -0.990. The van der Waals surface area contributed by atoms with Gasteiger partial charge in [0, 0.05) is 19.1 Å². The van der Waals surface area contributed by atoms with E-state index in [1.165, 1.54) is 0 Å². The Kier molecular flexibility index (Phi) is 3.89. The summed E-state index contributed by atoms with van der Waals surface area (Å²) in [5, 5.41) is 0. The third-order valence-corrected chi connectivity index (χ3v) is 3.45. The van der Waals surface area contributed by atoms with Crippen LogP contribution in [0.4, 0.5) is 4.79 Å². The topological polar surface area (TPSA) is 102 Å². The Hall–Kier alpha value is -0.860. The third-order valence-electron chi connectivity index (χ3n) is 2.02. The van der Waals surface area contributed by atoms with Gasteiger partial charge in [-0.15, -0.1) is 0 Å². The van der Waals surface area contributed by atoms with Crippen molar-refractivity contribution in [3.8, 4) is 0 Å². The number of ether oxygens (including phenoxy) is 1. The van der Waals surface area contributed by atoms with E-state index in [9.17, 15) is 13.2 Å². The highest BCUT2D eigenvalue weighted by Gasteiger charge is 2.30. The van der Waals surface area contributed by atoms with Crippen molar-refractivity contribution < 1.29 is 17.9 Å². The first kappa shape index (κ1) is 12.2. The summed E-state index contributed by atoms with van der Waals surface area (Å²) in [7, 11) is -3.79. The van der Waals surface area contributed by atoms with Crippen LogP contribution in [0.15, 0.2) is 0 Å². The molecule has 1 aliphatic rings. The van der Waals surface area contributed by atoms with Crippen LogP contribution in [0.5, 0.6) is 0 Å². The molecular weight excluding hydrogens is 222 g/mol. The van der Waals surface area contributed by atoms with E-state index in [4.69, 9.17) is 5.73 Å². The molecule has 7 nitrogen and oxygen atoms in total. The van der Waals surface area contributed by atoms with Gasteiger partial charge in [0.1, 0.15) is 0 Å². The van der Waals surface area contributed by atoms with Gasteiger partial charge in [0.25, 0.3) is 0 Å².